The van der Waals surface area contributed by atoms with Crippen LogP contribution in [0.2, 0.25) is 0 Å². The van der Waals surface area contributed by atoms with Gasteiger partial charge in [-0.2, -0.15) is 0 Å². The quantitative estimate of drug-likeness (QED) is 0.0211. The Balaban J connectivity index is 3.72. The number of hydrogen-bond donors (Lipinski definition) is 1. The fraction of sp³-hybridized carbons (Fsp3) is 0.929. The second-order valence-corrected chi connectivity index (χ2v) is 22.1. The molecule has 0 aliphatic carbocycles. The predicted octanol–water partition coefficient (Wildman–Crippen LogP) is 17.3. The summed E-state index contributed by atoms with van der Waals surface area (Å²) in [5, 5.41) is 0. The van der Waals surface area contributed by atoms with Crippen LogP contribution in [0.3, 0.4) is 0 Å². The molecule has 0 saturated carbocycles. The van der Waals surface area contributed by atoms with Crippen LogP contribution in [0.15, 0.2) is 12.2 Å². The van der Waals surface area contributed by atoms with Gasteiger partial charge in [0.15, 0.2) is 6.10 Å². The minimum atomic E-state index is -4.36. The standard InChI is InChI=1S/C56H110NO8P/c1-6-8-10-12-13-14-15-16-17-18-19-20-21-22-23-24-25-26-27-28-29-30-31-32-33-34-35-36-37-38-39-40-41-42-43-45-47-49-56(59)65-54(52-62-55(58)48-46-44-11-9-7-2)53-64-66(60,61)63-51-50-57(3,4)5/h18-19,54H,6-17,20-53H2,1-5H3/p+1/b19-18-. The van der Waals surface area contributed by atoms with Gasteiger partial charge < -0.3 is 18.9 Å². The van der Waals surface area contributed by atoms with Crippen molar-refractivity contribution in [1.29, 1.82) is 0 Å². The third-order valence-corrected chi connectivity index (χ3v) is 13.8. The zero-order valence-electron chi connectivity index (χ0n) is 44.5. The van der Waals surface area contributed by atoms with Gasteiger partial charge >= 0.3 is 19.8 Å². The summed E-state index contributed by atoms with van der Waals surface area (Å²) in [5.74, 6) is -0.798. The summed E-state index contributed by atoms with van der Waals surface area (Å²) < 4.78 is 34.2. The summed E-state index contributed by atoms with van der Waals surface area (Å²) in [4.78, 5) is 35.1. The Kier molecular flexibility index (Phi) is 47.8. The largest absolute Gasteiger partial charge is 0.472 e. The first-order valence-electron chi connectivity index (χ1n) is 28.4. The van der Waals surface area contributed by atoms with Crippen molar-refractivity contribution in [3.05, 3.63) is 12.2 Å². The minimum absolute atomic E-state index is 0.0355. The molecule has 0 aromatic carbocycles. The number of quaternary nitrogens is 1. The summed E-state index contributed by atoms with van der Waals surface area (Å²) >= 11 is 0. The summed E-state index contributed by atoms with van der Waals surface area (Å²) in [6, 6.07) is 0. The van der Waals surface area contributed by atoms with E-state index < -0.39 is 26.5 Å². The topological polar surface area (TPSA) is 108 Å². The van der Waals surface area contributed by atoms with Crippen LogP contribution < -0.4 is 0 Å². The Hall–Kier alpha value is -1.25. The second-order valence-electron chi connectivity index (χ2n) is 20.7. The van der Waals surface area contributed by atoms with Crippen molar-refractivity contribution in [3.8, 4) is 0 Å². The van der Waals surface area contributed by atoms with Gasteiger partial charge in [0.25, 0.3) is 0 Å². The van der Waals surface area contributed by atoms with Crippen LogP contribution in [-0.4, -0.2) is 74.9 Å². The van der Waals surface area contributed by atoms with Gasteiger partial charge in [-0.05, 0) is 38.5 Å². The fourth-order valence-corrected chi connectivity index (χ4v) is 9.11. The van der Waals surface area contributed by atoms with Crippen molar-refractivity contribution in [1.82, 2.24) is 0 Å². The Labute approximate surface area is 409 Å². The van der Waals surface area contributed by atoms with Crippen molar-refractivity contribution in [2.24, 2.45) is 0 Å². The molecular weight excluding hydrogens is 846 g/mol. The number of likely N-dealkylation sites (N-methyl/N-ethyl adjacent to an activating group) is 1. The summed E-state index contributed by atoms with van der Waals surface area (Å²) in [6.07, 6.45) is 56.6. The first-order valence-corrected chi connectivity index (χ1v) is 29.9. The molecule has 9 nitrogen and oxygen atoms in total. The van der Waals surface area contributed by atoms with E-state index in [9.17, 15) is 19.0 Å². The third-order valence-electron chi connectivity index (χ3n) is 12.8. The van der Waals surface area contributed by atoms with E-state index in [4.69, 9.17) is 18.5 Å². The van der Waals surface area contributed by atoms with Gasteiger partial charge in [0.05, 0.1) is 27.7 Å². The van der Waals surface area contributed by atoms with Gasteiger partial charge in [0.2, 0.25) is 0 Å². The molecule has 66 heavy (non-hydrogen) atoms. The average molecular weight is 957 g/mol. The zero-order chi connectivity index (χ0) is 48.5. The Morgan fingerprint density at radius 3 is 1.12 bits per heavy atom. The summed E-state index contributed by atoms with van der Waals surface area (Å²) in [7, 11) is 1.49. The van der Waals surface area contributed by atoms with Crippen molar-refractivity contribution in [2.45, 2.75) is 290 Å². The maximum atomic E-state index is 12.7. The van der Waals surface area contributed by atoms with E-state index >= 15 is 0 Å². The zero-order valence-corrected chi connectivity index (χ0v) is 45.4. The number of esters is 2. The normalized spacial score (nSPS) is 13.4. The molecule has 0 fully saturated rings. The molecule has 0 aromatic heterocycles. The SMILES string of the molecule is CCCCCCCCCC/C=C\CCCCCCCCCCCCCCCCCCCCCCCCCCCC(=O)OC(COC(=O)CCCCCCC)COP(=O)(O)OCC[N+](C)(C)C. The molecule has 10 heteroatoms. The summed E-state index contributed by atoms with van der Waals surface area (Å²) in [6.45, 7) is 4.37. The molecular formula is C56H111NO8P+. The van der Waals surface area contributed by atoms with Gasteiger partial charge in [0, 0.05) is 12.8 Å². The molecule has 2 unspecified atom stereocenters. The molecule has 0 aromatic rings. The highest BCUT2D eigenvalue weighted by molar-refractivity contribution is 7.47. The maximum absolute atomic E-state index is 12.7. The first-order chi connectivity index (χ1) is 32.0. The average Bonchev–Trinajstić information content (AvgIpc) is 3.27. The molecule has 0 saturated heterocycles. The lowest BCUT2D eigenvalue weighted by molar-refractivity contribution is -0.870. The number of carbonyl (C=O) groups excluding carboxylic acids is 2. The molecule has 0 heterocycles. The van der Waals surface area contributed by atoms with E-state index in [0.29, 0.717) is 11.0 Å². The predicted molar refractivity (Wildman–Crippen MR) is 280 cm³/mol. The molecule has 0 rings (SSSR count). The van der Waals surface area contributed by atoms with Crippen LogP contribution >= 0.6 is 7.82 Å². The number of hydrogen-bond acceptors (Lipinski definition) is 7. The van der Waals surface area contributed by atoms with E-state index in [2.05, 4.69) is 26.0 Å². The van der Waals surface area contributed by atoms with Crippen molar-refractivity contribution < 1.29 is 42.1 Å². The van der Waals surface area contributed by atoms with Crippen molar-refractivity contribution >= 4 is 19.8 Å². The molecule has 2 atom stereocenters. The van der Waals surface area contributed by atoms with E-state index in [-0.39, 0.29) is 32.0 Å². The number of nitrogens with zero attached hydrogens (tertiary/aromatic N) is 1. The molecule has 1 N–H and O–H groups in total. The highest BCUT2D eigenvalue weighted by Gasteiger charge is 2.27. The number of unbranched alkanes of at least 4 members (excludes halogenated alkanes) is 37. The Morgan fingerprint density at radius 1 is 0.455 bits per heavy atom. The van der Waals surface area contributed by atoms with Gasteiger partial charge in [0.1, 0.15) is 19.8 Å². The second kappa shape index (κ2) is 48.8. The molecule has 0 aliphatic rings. The van der Waals surface area contributed by atoms with E-state index in [1.165, 1.54) is 205 Å². The molecule has 392 valence electrons. The number of rotatable bonds is 53. The number of ether oxygens (including phenoxy) is 2. The lowest BCUT2D eigenvalue weighted by Gasteiger charge is -2.24. The van der Waals surface area contributed by atoms with Crippen LogP contribution in [0.4, 0.5) is 0 Å². The number of allylic oxidation sites excluding steroid dienone is 2. The van der Waals surface area contributed by atoms with Gasteiger partial charge in [-0.25, -0.2) is 4.57 Å². The van der Waals surface area contributed by atoms with Gasteiger partial charge in [-0.1, -0.05) is 244 Å². The molecule has 0 aliphatic heterocycles. The summed E-state index contributed by atoms with van der Waals surface area (Å²) in [5.41, 5.74) is 0. The van der Waals surface area contributed by atoms with E-state index in [1.54, 1.807) is 0 Å². The Morgan fingerprint density at radius 2 is 0.773 bits per heavy atom. The first kappa shape index (κ1) is 64.8. The van der Waals surface area contributed by atoms with Gasteiger partial charge in [-0.15, -0.1) is 0 Å². The molecule has 0 bridgehead atoms. The smallest absolute Gasteiger partial charge is 0.462 e. The van der Waals surface area contributed by atoms with Crippen LogP contribution in [0.25, 0.3) is 0 Å². The van der Waals surface area contributed by atoms with Gasteiger partial charge in [-0.3, -0.25) is 18.6 Å². The number of phosphoric ester groups is 1. The molecule has 0 radical (unpaired) electrons. The fourth-order valence-electron chi connectivity index (χ4n) is 8.37. The molecule has 0 amide bonds. The highest BCUT2D eigenvalue weighted by atomic mass is 31.2. The van der Waals surface area contributed by atoms with Crippen LogP contribution in [0, 0.1) is 0 Å². The van der Waals surface area contributed by atoms with Crippen LogP contribution in [0.1, 0.15) is 284 Å². The third kappa shape index (κ3) is 52.1. The maximum Gasteiger partial charge on any atom is 0.472 e. The van der Waals surface area contributed by atoms with Crippen molar-refractivity contribution in [2.75, 3.05) is 47.5 Å². The van der Waals surface area contributed by atoms with Crippen molar-refractivity contribution in [3.63, 3.8) is 0 Å². The number of phosphoric acid groups is 1. The number of carbonyl (C=O) groups is 2. The monoisotopic (exact) mass is 957 g/mol. The highest BCUT2D eigenvalue weighted by Crippen LogP contribution is 2.43. The lowest BCUT2D eigenvalue weighted by Crippen LogP contribution is -2.37. The van der Waals surface area contributed by atoms with E-state index in [0.717, 1.165) is 51.4 Å². The molecule has 0 spiro atoms. The van der Waals surface area contributed by atoms with Crippen LogP contribution in [-0.2, 0) is 32.7 Å². The Bertz CT molecular complexity index is 1130. The van der Waals surface area contributed by atoms with E-state index in [1.807, 2.05) is 21.1 Å². The minimum Gasteiger partial charge on any atom is -0.462 e. The van der Waals surface area contributed by atoms with Crippen LogP contribution in [0.5, 0.6) is 0 Å². The lowest BCUT2D eigenvalue weighted by atomic mass is 10.0.